The Hall–Kier alpha value is -4.45. The van der Waals surface area contributed by atoms with Gasteiger partial charge in [-0.05, 0) is 55.3 Å². The summed E-state index contributed by atoms with van der Waals surface area (Å²) < 4.78 is 29.0. The summed E-state index contributed by atoms with van der Waals surface area (Å²) in [7, 11) is -4.37. The number of carbonyl (C=O) groups is 2. The highest BCUT2D eigenvalue weighted by Gasteiger charge is 2.35. The molecule has 0 bridgehead atoms. The molecule has 0 aromatic heterocycles. The first-order valence-corrected chi connectivity index (χ1v) is 17.0. The molecule has 0 heterocycles. The highest BCUT2D eigenvalue weighted by atomic mass is 35.5. The normalized spacial score (nSPS) is 12.5. The number of benzene rings is 4. The first kappa shape index (κ1) is 35.4. The summed E-state index contributed by atoms with van der Waals surface area (Å²) >= 11 is 13.1. The molecule has 13 heteroatoms. The Bertz CT molecular complexity index is 1790. The van der Waals surface area contributed by atoms with Crippen molar-refractivity contribution in [1.29, 1.82) is 0 Å². The molecule has 2 atom stereocenters. The lowest BCUT2D eigenvalue weighted by Crippen LogP contribution is -2.54. The number of nitro groups is 1. The Labute approximate surface area is 284 Å². The van der Waals surface area contributed by atoms with Crippen LogP contribution in [0.4, 0.5) is 11.4 Å². The van der Waals surface area contributed by atoms with Crippen molar-refractivity contribution in [2.75, 3.05) is 10.8 Å². The van der Waals surface area contributed by atoms with Crippen LogP contribution in [0.3, 0.4) is 0 Å². The molecule has 4 rings (SSSR count). The van der Waals surface area contributed by atoms with E-state index >= 15 is 0 Å². The van der Waals surface area contributed by atoms with Crippen molar-refractivity contribution >= 4 is 56.4 Å². The van der Waals surface area contributed by atoms with Gasteiger partial charge in [0.25, 0.3) is 15.7 Å². The molecule has 0 unspecified atom stereocenters. The lowest BCUT2D eigenvalue weighted by Gasteiger charge is -2.34. The molecule has 47 heavy (non-hydrogen) atoms. The van der Waals surface area contributed by atoms with Gasteiger partial charge in [0.05, 0.1) is 15.5 Å². The molecule has 0 spiro atoms. The van der Waals surface area contributed by atoms with Gasteiger partial charge < -0.3 is 10.2 Å². The van der Waals surface area contributed by atoms with Gasteiger partial charge in [-0.3, -0.25) is 24.0 Å². The van der Waals surface area contributed by atoms with E-state index in [0.717, 1.165) is 22.0 Å². The van der Waals surface area contributed by atoms with Crippen LogP contribution in [-0.4, -0.2) is 48.7 Å². The smallest absolute Gasteiger partial charge is 0.269 e. The van der Waals surface area contributed by atoms with Gasteiger partial charge in [0.15, 0.2) is 0 Å². The molecule has 0 saturated heterocycles. The number of sulfonamides is 1. The van der Waals surface area contributed by atoms with Crippen molar-refractivity contribution in [3.63, 3.8) is 0 Å². The maximum atomic E-state index is 14.5. The number of hydrogen-bond acceptors (Lipinski definition) is 6. The summed E-state index contributed by atoms with van der Waals surface area (Å²) in [5.41, 5.74) is 0.916. The minimum atomic E-state index is -4.37. The van der Waals surface area contributed by atoms with E-state index in [2.05, 4.69) is 5.32 Å². The standard InChI is InChI=1S/C34H34Cl2N4O6S/c1-3-24(2)37-34(42)32(21-25-11-6-4-7-12-25)38(22-29-30(35)15-10-16-31(29)36)33(41)23-39(26-17-19-27(20-18-26)40(43)44)47(45,46)28-13-8-5-9-14-28/h4-20,24,32H,3,21-23H2,1-2H3,(H,37,42)/t24-,32-/m1/s1. The van der Waals surface area contributed by atoms with Gasteiger partial charge in [-0.1, -0.05) is 84.7 Å². The minimum absolute atomic E-state index is 0.0206. The number of hydrogen-bond donors (Lipinski definition) is 1. The van der Waals surface area contributed by atoms with Crippen molar-refractivity contribution in [3.8, 4) is 0 Å². The van der Waals surface area contributed by atoms with Crippen molar-refractivity contribution in [1.82, 2.24) is 10.2 Å². The Morgan fingerprint density at radius 3 is 2.00 bits per heavy atom. The van der Waals surface area contributed by atoms with Gasteiger partial charge in [-0.2, -0.15) is 0 Å². The highest BCUT2D eigenvalue weighted by Crippen LogP contribution is 2.29. The third kappa shape index (κ3) is 8.88. The summed E-state index contributed by atoms with van der Waals surface area (Å²) in [4.78, 5) is 40.4. The molecular formula is C34H34Cl2N4O6S. The number of carbonyl (C=O) groups excluding carboxylic acids is 2. The second kappa shape index (κ2) is 15.9. The van der Waals surface area contributed by atoms with Crippen LogP contribution < -0.4 is 9.62 Å². The van der Waals surface area contributed by atoms with Crippen molar-refractivity contribution in [2.45, 2.75) is 50.2 Å². The molecule has 4 aromatic rings. The van der Waals surface area contributed by atoms with E-state index < -0.39 is 39.3 Å². The molecule has 0 saturated carbocycles. The van der Waals surface area contributed by atoms with E-state index in [1.54, 1.807) is 36.4 Å². The number of nitrogens with one attached hydrogen (secondary N) is 1. The summed E-state index contributed by atoms with van der Waals surface area (Å²) in [6.07, 6.45) is 0.747. The van der Waals surface area contributed by atoms with E-state index in [-0.39, 0.29) is 45.3 Å². The number of nitro benzene ring substituents is 1. The van der Waals surface area contributed by atoms with E-state index in [4.69, 9.17) is 23.2 Å². The van der Waals surface area contributed by atoms with E-state index in [9.17, 15) is 28.1 Å². The average molecular weight is 698 g/mol. The van der Waals surface area contributed by atoms with Crippen LogP contribution in [0, 0.1) is 10.1 Å². The van der Waals surface area contributed by atoms with Crippen molar-refractivity contribution < 1.29 is 22.9 Å². The third-order valence-corrected chi connectivity index (χ3v) is 10.1. The zero-order valence-corrected chi connectivity index (χ0v) is 28.1. The third-order valence-electron chi connectivity index (χ3n) is 7.62. The van der Waals surface area contributed by atoms with Crippen LogP contribution >= 0.6 is 23.2 Å². The average Bonchev–Trinajstić information content (AvgIpc) is 3.07. The Morgan fingerprint density at radius 1 is 0.872 bits per heavy atom. The Kier molecular flexibility index (Phi) is 12.0. The van der Waals surface area contributed by atoms with Crippen LogP contribution in [0.5, 0.6) is 0 Å². The monoisotopic (exact) mass is 696 g/mol. The fourth-order valence-electron chi connectivity index (χ4n) is 4.84. The topological polar surface area (TPSA) is 130 Å². The van der Waals surface area contributed by atoms with E-state index in [1.807, 2.05) is 44.2 Å². The zero-order valence-electron chi connectivity index (χ0n) is 25.8. The maximum Gasteiger partial charge on any atom is 0.269 e. The number of rotatable bonds is 14. The van der Waals surface area contributed by atoms with Crippen molar-refractivity contribution in [2.24, 2.45) is 0 Å². The Morgan fingerprint density at radius 2 is 1.45 bits per heavy atom. The molecular weight excluding hydrogens is 663 g/mol. The van der Waals surface area contributed by atoms with Gasteiger partial charge in [0.1, 0.15) is 12.6 Å². The molecule has 0 aliphatic heterocycles. The summed E-state index contributed by atoms with van der Waals surface area (Å²) in [5.74, 6) is -1.16. The predicted octanol–water partition coefficient (Wildman–Crippen LogP) is 6.65. The molecule has 2 amide bonds. The number of amides is 2. The fourth-order valence-corrected chi connectivity index (χ4v) is 6.79. The fraction of sp³-hybridized carbons (Fsp3) is 0.235. The molecule has 0 fully saturated rings. The largest absolute Gasteiger partial charge is 0.352 e. The maximum absolute atomic E-state index is 14.5. The van der Waals surface area contributed by atoms with Gasteiger partial charge >= 0.3 is 0 Å². The first-order chi connectivity index (χ1) is 22.4. The van der Waals surface area contributed by atoms with Crippen LogP contribution in [0.2, 0.25) is 10.0 Å². The Balaban J connectivity index is 1.85. The van der Waals surface area contributed by atoms with Crippen LogP contribution in [-0.2, 0) is 32.6 Å². The number of non-ortho nitro benzene ring substituents is 1. The molecule has 4 aromatic carbocycles. The number of halogens is 2. The lowest BCUT2D eigenvalue weighted by molar-refractivity contribution is -0.384. The first-order valence-electron chi connectivity index (χ1n) is 14.8. The van der Waals surface area contributed by atoms with Gasteiger partial charge in [-0.15, -0.1) is 0 Å². The number of anilines is 1. The van der Waals surface area contributed by atoms with Crippen molar-refractivity contribution in [3.05, 3.63) is 134 Å². The summed E-state index contributed by atoms with van der Waals surface area (Å²) in [5, 5.41) is 14.8. The molecule has 0 radical (unpaired) electrons. The molecule has 0 aliphatic carbocycles. The molecule has 10 nitrogen and oxygen atoms in total. The van der Waals surface area contributed by atoms with Crippen LogP contribution in [0.25, 0.3) is 0 Å². The van der Waals surface area contributed by atoms with Gasteiger partial charge in [-0.25, -0.2) is 8.42 Å². The van der Waals surface area contributed by atoms with E-state index in [0.29, 0.717) is 12.0 Å². The minimum Gasteiger partial charge on any atom is -0.352 e. The highest BCUT2D eigenvalue weighted by molar-refractivity contribution is 7.92. The second-order valence-corrected chi connectivity index (χ2v) is 13.5. The summed E-state index contributed by atoms with van der Waals surface area (Å²) in [6, 6.07) is 25.1. The van der Waals surface area contributed by atoms with Crippen LogP contribution in [0.15, 0.2) is 108 Å². The molecule has 0 aliphatic rings. The van der Waals surface area contributed by atoms with E-state index in [1.165, 1.54) is 29.2 Å². The SMILES string of the molecule is CC[C@@H](C)NC(=O)[C@@H](Cc1ccccc1)N(Cc1c(Cl)cccc1Cl)C(=O)CN(c1ccc([N+](=O)[O-])cc1)S(=O)(=O)c1ccccc1. The molecule has 246 valence electrons. The predicted molar refractivity (Wildman–Crippen MR) is 183 cm³/mol. The lowest BCUT2D eigenvalue weighted by atomic mass is 10.0. The zero-order chi connectivity index (χ0) is 34.1. The summed E-state index contributed by atoms with van der Waals surface area (Å²) in [6.45, 7) is 2.82. The van der Waals surface area contributed by atoms with Gasteiger partial charge in [0, 0.05) is 46.7 Å². The molecule has 1 N–H and O–H groups in total. The number of nitrogens with zero attached hydrogens (tertiary/aromatic N) is 3. The quantitative estimate of drug-likeness (QED) is 0.116. The second-order valence-electron chi connectivity index (χ2n) is 10.8. The van der Waals surface area contributed by atoms with Crippen LogP contribution in [0.1, 0.15) is 31.4 Å². The van der Waals surface area contributed by atoms with Gasteiger partial charge in [0.2, 0.25) is 11.8 Å².